The first kappa shape index (κ1) is 31.2. The summed E-state index contributed by atoms with van der Waals surface area (Å²) in [4.78, 5) is 11.0. The molecule has 0 atom stereocenters. The molecule has 0 radical (unpaired) electrons. The predicted molar refractivity (Wildman–Crippen MR) is 151 cm³/mol. The molecule has 37 heavy (non-hydrogen) atoms. The van der Waals surface area contributed by atoms with Crippen LogP contribution in [0.5, 0.6) is 0 Å². The second-order valence-corrected chi connectivity index (χ2v) is 12.1. The molecule has 4 rings (SSSR count). The first-order valence-electron chi connectivity index (χ1n) is 15.2. The van der Waals surface area contributed by atoms with Gasteiger partial charge < -0.3 is 37.3 Å². The minimum absolute atomic E-state index is 0. The zero-order chi connectivity index (χ0) is 25.1. The van der Waals surface area contributed by atoms with Gasteiger partial charge in [0.15, 0.2) is 0 Å². The second-order valence-electron chi connectivity index (χ2n) is 12.1. The first-order chi connectivity index (χ1) is 17.6. The smallest absolute Gasteiger partial charge is 0.423 e. The van der Waals surface area contributed by atoms with Gasteiger partial charge in [0, 0.05) is 30.6 Å². The second kappa shape index (κ2) is 16.7. The maximum atomic E-state index is 8.48. The summed E-state index contributed by atoms with van der Waals surface area (Å²) in [5.41, 5.74) is 14.8. The molecule has 0 unspecified atom stereocenters. The van der Waals surface area contributed by atoms with Gasteiger partial charge in [-0.15, -0.1) is 0 Å². The quantitative estimate of drug-likeness (QED) is 0.156. The molecule has 1 spiro atoms. The van der Waals surface area contributed by atoms with Crippen LogP contribution in [0.25, 0.3) is 5.73 Å². The van der Waals surface area contributed by atoms with Crippen LogP contribution in [0.1, 0.15) is 96.3 Å². The Kier molecular flexibility index (Phi) is 14.0. The Balaban J connectivity index is 0.00000380. The fourth-order valence-corrected chi connectivity index (χ4v) is 6.89. The van der Waals surface area contributed by atoms with Crippen LogP contribution in [0.15, 0.2) is 9.98 Å². The number of piperazine rings is 1. The van der Waals surface area contributed by atoms with E-state index in [-0.39, 0.29) is 47.0 Å². The van der Waals surface area contributed by atoms with Crippen LogP contribution in [0, 0.1) is 11.8 Å². The van der Waals surface area contributed by atoms with Gasteiger partial charge in [-0.2, -0.15) is 0 Å². The van der Waals surface area contributed by atoms with E-state index in [9.17, 15) is 0 Å². The minimum Gasteiger partial charge on any atom is -0.423 e. The average Bonchev–Trinajstić information content (AvgIpc) is 2.91. The van der Waals surface area contributed by atoms with Gasteiger partial charge in [-0.05, 0) is 102 Å². The number of aliphatic imine (C=N–C) groups is 2. The Hall–Kier alpha value is -0.380. The van der Waals surface area contributed by atoms with Crippen LogP contribution in [0.2, 0.25) is 0 Å². The van der Waals surface area contributed by atoms with Crippen molar-refractivity contribution >= 4 is 11.9 Å². The molecule has 1 heterocycles. The fraction of sp³-hybridized carbons (Fsp3) is 0.929. The number of nitrogens with two attached hydrogens (primary N) is 1. The summed E-state index contributed by atoms with van der Waals surface area (Å²) in [5.74, 6) is 1.97. The third-order valence-corrected chi connectivity index (χ3v) is 9.19. The molecule has 4 aliphatic rings. The van der Waals surface area contributed by atoms with E-state index in [1.165, 1.54) is 96.3 Å². The summed E-state index contributed by atoms with van der Waals surface area (Å²) in [6, 6.07) is 0.778. The van der Waals surface area contributed by atoms with Crippen molar-refractivity contribution in [1.82, 2.24) is 20.9 Å². The Morgan fingerprint density at radius 3 is 2.41 bits per heavy atom. The van der Waals surface area contributed by atoms with E-state index in [1.807, 2.05) is 0 Å². The summed E-state index contributed by atoms with van der Waals surface area (Å²) >= 11 is 0. The molecule has 0 bridgehead atoms. The maximum Gasteiger partial charge on any atom is 1.00 e. The molecular weight excluding hydrogens is 471 g/mol. The monoisotopic (exact) mass is 524 g/mol. The normalized spacial score (nSPS) is 27.7. The summed E-state index contributed by atoms with van der Waals surface area (Å²) < 4.78 is 0. The van der Waals surface area contributed by atoms with Gasteiger partial charge in [0.2, 0.25) is 0 Å². The topological polar surface area (TPSA) is 114 Å². The molecule has 6 N–H and O–H groups in total. The molecule has 3 saturated carbocycles. The van der Waals surface area contributed by atoms with Crippen LogP contribution < -0.4 is 51.2 Å². The number of nitrogens with zero attached hydrogens (tertiary/aromatic N) is 3. The maximum absolute atomic E-state index is 8.48. The number of nitrogens with one attached hydrogen (secondary N) is 4. The molecular formula is C28H53N8Na. The van der Waals surface area contributed by atoms with Crippen molar-refractivity contribution in [3.05, 3.63) is 5.73 Å². The average molecular weight is 525 g/mol. The zero-order valence-electron chi connectivity index (χ0n) is 23.7. The third-order valence-electron chi connectivity index (χ3n) is 9.19. The number of rotatable bonds is 9. The molecule has 3 aliphatic carbocycles. The van der Waals surface area contributed by atoms with Crippen molar-refractivity contribution in [2.24, 2.45) is 27.6 Å². The van der Waals surface area contributed by atoms with Crippen LogP contribution in [0.3, 0.4) is 0 Å². The third kappa shape index (κ3) is 10.6. The molecule has 206 valence electrons. The summed E-state index contributed by atoms with van der Waals surface area (Å²) in [6.07, 6.45) is 19.6. The van der Waals surface area contributed by atoms with E-state index in [2.05, 4.69) is 30.8 Å². The first-order valence-corrected chi connectivity index (χ1v) is 15.2. The van der Waals surface area contributed by atoms with Gasteiger partial charge in [-0.3, -0.25) is 4.99 Å². The number of hydrogen-bond donors (Lipinski definition) is 4. The SMILES string of the molecule is [NH-]/C(=N\C(N)=NCC1CCC(CNCCCNC2CCCCC2)CC1)N1CCNC2(CCCCC2)C1.[Na+]. The van der Waals surface area contributed by atoms with Gasteiger partial charge in [-0.1, -0.05) is 38.5 Å². The van der Waals surface area contributed by atoms with E-state index < -0.39 is 0 Å². The minimum atomic E-state index is 0. The van der Waals surface area contributed by atoms with Gasteiger partial charge in [0.05, 0.1) is 0 Å². The van der Waals surface area contributed by atoms with E-state index in [0.717, 1.165) is 57.8 Å². The van der Waals surface area contributed by atoms with E-state index in [4.69, 9.17) is 11.5 Å². The molecule has 1 saturated heterocycles. The van der Waals surface area contributed by atoms with Crippen molar-refractivity contribution in [3.8, 4) is 0 Å². The Morgan fingerprint density at radius 1 is 0.946 bits per heavy atom. The molecule has 0 aromatic rings. The van der Waals surface area contributed by atoms with Crippen LogP contribution in [-0.2, 0) is 0 Å². The van der Waals surface area contributed by atoms with Crippen LogP contribution in [-0.4, -0.2) is 74.2 Å². The molecule has 1 aliphatic heterocycles. The molecule has 8 nitrogen and oxygen atoms in total. The molecule has 4 fully saturated rings. The van der Waals surface area contributed by atoms with Crippen LogP contribution in [0.4, 0.5) is 0 Å². The standard InChI is InChI=1S/C28H53N8.Na/c29-26(35-27(30)36-19-18-34-28(22-36)14-5-2-6-15-28)33-21-24-12-10-23(11-13-24)20-31-16-7-17-32-25-8-3-1-4-9-25;/h23-25,31-32,34H,1-22H2,(H3-,29,30,33,35);/q-1;+1. The molecule has 0 amide bonds. The van der Waals surface area contributed by atoms with Crippen molar-refractivity contribution in [1.29, 1.82) is 0 Å². The zero-order valence-corrected chi connectivity index (χ0v) is 25.7. The van der Waals surface area contributed by atoms with Crippen molar-refractivity contribution in [2.75, 3.05) is 45.8 Å². The van der Waals surface area contributed by atoms with Crippen LogP contribution >= 0.6 is 0 Å². The van der Waals surface area contributed by atoms with Gasteiger partial charge in [-0.25, -0.2) is 0 Å². The van der Waals surface area contributed by atoms with Gasteiger partial charge >= 0.3 is 29.6 Å². The van der Waals surface area contributed by atoms with Crippen molar-refractivity contribution in [3.63, 3.8) is 0 Å². The van der Waals surface area contributed by atoms with E-state index in [0.29, 0.717) is 5.92 Å². The largest absolute Gasteiger partial charge is 1.00 e. The summed E-state index contributed by atoms with van der Waals surface area (Å²) in [7, 11) is 0. The van der Waals surface area contributed by atoms with Gasteiger partial charge in [0.1, 0.15) is 5.96 Å². The Bertz CT molecular complexity index is 689. The van der Waals surface area contributed by atoms with Gasteiger partial charge in [0.25, 0.3) is 0 Å². The number of hydrogen-bond acceptors (Lipinski definition) is 4. The Labute approximate surface area is 248 Å². The molecule has 0 aromatic heterocycles. The van der Waals surface area contributed by atoms with E-state index >= 15 is 0 Å². The summed E-state index contributed by atoms with van der Waals surface area (Å²) in [5, 5.41) is 11.2. The van der Waals surface area contributed by atoms with Crippen molar-refractivity contribution < 1.29 is 29.6 Å². The van der Waals surface area contributed by atoms with E-state index in [1.54, 1.807) is 0 Å². The fourth-order valence-electron chi connectivity index (χ4n) is 6.89. The number of guanidine groups is 2. The predicted octanol–water partition coefficient (Wildman–Crippen LogP) is 1.03. The molecule has 0 aromatic carbocycles. The molecule has 9 heteroatoms. The Morgan fingerprint density at radius 2 is 1.65 bits per heavy atom. The summed E-state index contributed by atoms with van der Waals surface area (Å²) in [6.45, 7) is 6.81. The van der Waals surface area contributed by atoms with Crippen molar-refractivity contribution in [2.45, 2.75) is 108 Å².